The van der Waals surface area contributed by atoms with E-state index in [1.165, 1.54) is 0 Å². The number of hydrogen-bond acceptors (Lipinski definition) is 3. The van der Waals surface area contributed by atoms with E-state index in [0.29, 0.717) is 15.8 Å². The van der Waals surface area contributed by atoms with Crippen molar-refractivity contribution in [2.24, 2.45) is 0 Å². The monoisotopic (exact) mass is 330 g/mol. The molecule has 114 valence electrons. The van der Waals surface area contributed by atoms with Crippen LogP contribution in [0.2, 0.25) is 10.0 Å². The van der Waals surface area contributed by atoms with Crippen molar-refractivity contribution < 1.29 is 14.3 Å². The minimum Gasteiger partial charge on any atom is -0.484 e. The van der Waals surface area contributed by atoms with Gasteiger partial charge in [-0.15, -0.1) is 0 Å². The lowest BCUT2D eigenvalue weighted by atomic mass is 10.2. The number of amides is 3. The van der Waals surface area contributed by atoms with Gasteiger partial charge in [-0.3, -0.25) is 10.1 Å². The molecule has 0 atom stereocenters. The molecule has 2 N–H and O–H groups in total. The first-order valence-electron chi connectivity index (χ1n) is 6.72. The standard InChI is InChI=1S/C14H16Cl2N2O3/c15-9-5-10(16)7-12(6-9)21-8-13(19)18-14(20)17-11-3-1-2-4-11/h5-7,11H,1-4,8H2,(H2,17,18,19,20). The number of benzene rings is 1. The lowest BCUT2D eigenvalue weighted by molar-refractivity contribution is -0.122. The molecule has 7 heteroatoms. The van der Waals surface area contributed by atoms with E-state index in [1.54, 1.807) is 18.2 Å². The fraction of sp³-hybridized carbons (Fsp3) is 0.429. The maximum Gasteiger partial charge on any atom is 0.321 e. The Hall–Kier alpha value is -1.46. The number of nitrogens with one attached hydrogen (secondary N) is 2. The van der Waals surface area contributed by atoms with E-state index in [4.69, 9.17) is 27.9 Å². The van der Waals surface area contributed by atoms with Crippen LogP contribution in [-0.4, -0.2) is 24.6 Å². The number of imide groups is 1. The van der Waals surface area contributed by atoms with Crippen LogP contribution < -0.4 is 15.4 Å². The normalized spacial score (nSPS) is 14.8. The Morgan fingerprint density at radius 3 is 2.38 bits per heavy atom. The molecule has 0 bridgehead atoms. The fourth-order valence-corrected chi connectivity index (χ4v) is 2.72. The highest BCUT2D eigenvalue weighted by molar-refractivity contribution is 6.34. The van der Waals surface area contributed by atoms with Crippen LogP contribution >= 0.6 is 23.2 Å². The zero-order chi connectivity index (χ0) is 15.2. The first-order chi connectivity index (χ1) is 10.0. The van der Waals surface area contributed by atoms with Gasteiger partial charge in [-0.05, 0) is 31.0 Å². The topological polar surface area (TPSA) is 67.4 Å². The maximum absolute atomic E-state index is 11.6. The second-order valence-corrected chi connectivity index (χ2v) is 5.77. The van der Waals surface area contributed by atoms with Crippen LogP contribution in [0, 0.1) is 0 Å². The van der Waals surface area contributed by atoms with Crippen LogP contribution in [0.4, 0.5) is 4.79 Å². The predicted molar refractivity (Wildman–Crippen MR) is 80.9 cm³/mol. The van der Waals surface area contributed by atoms with Crippen molar-refractivity contribution in [1.29, 1.82) is 0 Å². The lowest BCUT2D eigenvalue weighted by Gasteiger charge is -2.12. The van der Waals surface area contributed by atoms with Crippen molar-refractivity contribution in [3.05, 3.63) is 28.2 Å². The first-order valence-corrected chi connectivity index (χ1v) is 7.48. The van der Waals surface area contributed by atoms with Crippen LogP contribution in [0.1, 0.15) is 25.7 Å². The fourth-order valence-electron chi connectivity index (χ4n) is 2.22. The summed E-state index contributed by atoms with van der Waals surface area (Å²) >= 11 is 11.6. The van der Waals surface area contributed by atoms with E-state index >= 15 is 0 Å². The lowest BCUT2D eigenvalue weighted by Crippen LogP contribution is -2.45. The van der Waals surface area contributed by atoms with E-state index in [-0.39, 0.29) is 12.6 Å². The zero-order valence-electron chi connectivity index (χ0n) is 11.3. The van der Waals surface area contributed by atoms with Crippen LogP contribution in [0.3, 0.4) is 0 Å². The number of rotatable bonds is 4. The second kappa shape index (κ2) is 7.52. The number of urea groups is 1. The molecule has 0 heterocycles. The Balaban J connectivity index is 1.74. The van der Waals surface area contributed by atoms with Crippen molar-refractivity contribution in [3.8, 4) is 5.75 Å². The van der Waals surface area contributed by atoms with Crippen molar-refractivity contribution in [2.75, 3.05) is 6.61 Å². The summed E-state index contributed by atoms with van der Waals surface area (Å²) < 4.78 is 5.24. The van der Waals surface area contributed by atoms with Gasteiger partial charge in [0.25, 0.3) is 5.91 Å². The van der Waals surface area contributed by atoms with Crippen molar-refractivity contribution in [1.82, 2.24) is 10.6 Å². The van der Waals surface area contributed by atoms with E-state index in [2.05, 4.69) is 10.6 Å². The Bertz CT molecular complexity index is 511. The van der Waals surface area contributed by atoms with Gasteiger partial charge in [0.15, 0.2) is 6.61 Å². The summed E-state index contributed by atoms with van der Waals surface area (Å²) in [4.78, 5) is 23.2. The Labute approximate surface area is 132 Å². The predicted octanol–water partition coefficient (Wildman–Crippen LogP) is 3.14. The number of ether oxygens (including phenoxy) is 1. The highest BCUT2D eigenvalue weighted by Gasteiger charge is 2.18. The molecule has 2 rings (SSSR count). The van der Waals surface area contributed by atoms with Crippen LogP contribution in [0.25, 0.3) is 0 Å². The summed E-state index contributed by atoms with van der Waals surface area (Å²) in [6, 6.07) is 4.31. The third-order valence-corrected chi connectivity index (χ3v) is 3.59. The van der Waals surface area contributed by atoms with Gasteiger partial charge in [-0.25, -0.2) is 4.79 Å². The van der Waals surface area contributed by atoms with Gasteiger partial charge in [-0.1, -0.05) is 36.0 Å². The van der Waals surface area contributed by atoms with E-state index in [0.717, 1.165) is 25.7 Å². The van der Waals surface area contributed by atoms with Gasteiger partial charge in [-0.2, -0.15) is 0 Å². The molecule has 0 unspecified atom stereocenters. The molecule has 0 aromatic heterocycles. The number of carbonyl (C=O) groups is 2. The summed E-state index contributed by atoms with van der Waals surface area (Å²) in [5, 5.41) is 5.81. The Kier molecular flexibility index (Phi) is 5.70. The average Bonchev–Trinajstić information content (AvgIpc) is 2.88. The molecule has 21 heavy (non-hydrogen) atoms. The van der Waals surface area contributed by atoms with Gasteiger partial charge in [0, 0.05) is 16.1 Å². The van der Waals surface area contributed by atoms with E-state index in [9.17, 15) is 9.59 Å². The molecule has 3 amide bonds. The SMILES string of the molecule is O=C(COc1cc(Cl)cc(Cl)c1)NC(=O)NC1CCCC1. The van der Waals surface area contributed by atoms with Crippen molar-refractivity contribution in [3.63, 3.8) is 0 Å². The van der Waals surface area contributed by atoms with Gasteiger partial charge in [0.1, 0.15) is 5.75 Å². The summed E-state index contributed by atoms with van der Waals surface area (Å²) in [7, 11) is 0. The molecule has 1 fully saturated rings. The third kappa shape index (κ3) is 5.44. The molecule has 1 aromatic carbocycles. The smallest absolute Gasteiger partial charge is 0.321 e. The molecule has 1 aromatic rings. The van der Waals surface area contributed by atoms with Crippen LogP contribution in [0.5, 0.6) is 5.75 Å². The summed E-state index contributed by atoms with van der Waals surface area (Å²) in [6.45, 7) is -0.283. The van der Waals surface area contributed by atoms with Crippen molar-refractivity contribution >= 4 is 35.1 Å². The molecular weight excluding hydrogens is 315 g/mol. The zero-order valence-corrected chi connectivity index (χ0v) is 12.8. The molecule has 0 aliphatic heterocycles. The molecule has 1 aliphatic carbocycles. The minimum atomic E-state index is -0.526. The number of hydrogen-bond donors (Lipinski definition) is 2. The average molecular weight is 331 g/mol. The quantitative estimate of drug-likeness (QED) is 0.891. The van der Waals surface area contributed by atoms with Crippen LogP contribution in [-0.2, 0) is 4.79 Å². The molecule has 0 radical (unpaired) electrons. The molecule has 5 nitrogen and oxygen atoms in total. The summed E-state index contributed by atoms with van der Waals surface area (Å²) in [6.07, 6.45) is 4.13. The molecule has 1 aliphatic rings. The molecule has 0 spiro atoms. The van der Waals surface area contributed by atoms with E-state index in [1.807, 2.05) is 0 Å². The molecular formula is C14H16Cl2N2O3. The largest absolute Gasteiger partial charge is 0.484 e. The molecule has 1 saturated carbocycles. The third-order valence-electron chi connectivity index (χ3n) is 3.15. The first kappa shape index (κ1) is 15.9. The Morgan fingerprint density at radius 1 is 1.14 bits per heavy atom. The van der Waals surface area contributed by atoms with Gasteiger partial charge < -0.3 is 10.1 Å². The number of carbonyl (C=O) groups excluding carboxylic acids is 2. The molecule has 0 saturated heterocycles. The van der Waals surface area contributed by atoms with Gasteiger partial charge in [0.2, 0.25) is 0 Å². The van der Waals surface area contributed by atoms with Gasteiger partial charge >= 0.3 is 6.03 Å². The highest BCUT2D eigenvalue weighted by Crippen LogP contribution is 2.24. The highest BCUT2D eigenvalue weighted by atomic mass is 35.5. The van der Waals surface area contributed by atoms with Crippen LogP contribution in [0.15, 0.2) is 18.2 Å². The second-order valence-electron chi connectivity index (χ2n) is 4.90. The van der Waals surface area contributed by atoms with Gasteiger partial charge in [0.05, 0.1) is 0 Å². The number of halogens is 2. The van der Waals surface area contributed by atoms with Crippen molar-refractivity contribution in [2.45, 2.75) is 31.7 Å². The van der Waals surface area contributed by atoms with E-state index < -0.39 is 11.9 Å². The Morgan fingerprint density at radius 2 is 1.76 bits per heavy atom. The summed E-state index contributed by atoms with van der Waals surface area (Å²) in [5.41, 5.74) is 0. The summed E-state index contributed by atoms with van der Waals surface area (Å²) in [5.74, 6) is -0.152. The minimum absolute atomic E-state index is 0.158. The maximum atomic E-state index is 11.6.